The minimum absolute atomic E-state index is 0.968. The Morgan fingerprint density at radius 3 is 2.50 bits per heavy atom. The van der Waals surface area contributed by atoms with Crippen LogP contribution >= 0.6 is 0 Å². The highest BCUT2D eigenvalue weighted by Crippen LogP contribution is 1.86. The summed E-state index contributed by atoms with van der Waals surface area (Å²) in [5.74, 6) is -1.01. The summed E-state index contributed by atoms with van der Waals surface area (Å²) in [7, 11) is 0. The number of isocyanates is 1. The van der Waals surface area contributed by atoms with Crippen LogP contribution in [0.4, 0.5) is 4.39 Å². The lowest BCUT2D eigenvalue weighted by Crippen LogP contribution is -1.53. The minimum atomic E-state index is -1.01. The second kappa shape index (κ2) is 2.30. The summed E-state index contributed by atoms with van der Waals surface area (Å²) < 4.78 is 11.1. The molecule has 6 heavy (non-hydrogen) atoms. The van der Waals surface area contributed by atoms with Gasteiger partial charge in [0.05, 0.1) is 0 Å². The van der Waals surface area contributed by atoms with Gasteiger partial charge in [-0.25, -0.2) is 4.79 Å². The molecule has 2 nitrogen and oxygen atoms in total. The van der Waals surface area contributed by atoms with Crippen LogP contribution < -0.4 is 0 Å². The van der Waals surface area contributed by atoms with Crippen LogP contribution in [0.15, 0.2) is 17.5 Å². The fourth-order valence-electron chi connectivity index (χ4n) is 0.0495. The number of rotatable bonds is 1. The molecule has 0 aromatic rings. The molecular formula is C3H2FNO. The highest BCUT2D eigenvalue weighted by molar-refractivity contribution is 5.35. The molecule has 0 bridgehead atoms. The van der Waals surface area contributed by atoms with Crippen molar-refractivity contribution >= 4 is 6.08 Å². The van der Waals surface area contributed by atoms with Gasteiger partial charge < -0.3 is 0 Å². The summed E-state index contributed by atoms with van der Waals surface area (Å²) in [5, 5.41) is 0. The zero-order valence-corrected chi connectivity index (χ0v) is 2.94. The topological polar surface area (TPSA) is 29.4 Å². The quantitative estimate of drug-likeness (QED) is 0.264. The molecule has 0 fully saturated rings. The number of hydrogen-bond donors (Lipinski definition) is 0. The van der Waals surface area contributed by atoms with Gasteiger partial charge in [0.25, 0.3) is 0 Å². The molecule has 0 saturated carbocycles. The molecule has 0 rings (SSSR count). The van der Waals surface area contributed by atoms with Crippen molar-refractivity contribution in [1.29, 1.82) is 0 Å². The smallest absolute Gasteiger partial charge is 0.211 e. The SMILES string of the molecule is C=C(F)N=C=O. The van der Waals surface area contributed by atoms with Gasteiger partial charge in [0.1, 0.15) is 0 Å². The third-order valence-electron chi connectivity index (χ3n) is 0.167. The van der Waals surface area contributed by atoms with Gasteiger partial charge in [-0.15, -0.1) is 4.99 Å². The Labute approximate surface area is 34.0 Å². The number of hydrogen-bond acceptors (Lipinski definition) is 2. The summed E-state index contributed by atoms with van der Waals surface area (Å²) in [6.45, 7) is 2.65. The fraction of sp³-hybridized carbons (Fsp3) is 0. The van der Waals surface area contributed by atoms with E-state index >= 15 is 0 Å². The number of aliphatic imine (C=N–C) groups is 1. The maximum absolute atomic E-state index is 11.1. The van der Waals surface area contributed by atoms with E-state index in [-0.39, 0.29) is 0 Å². The molecule has 0 spiro atoms. The Bertz CT molecular complexity index is 103. The first-order valence-electron chi connectivity index (χ1n) is 1.19. The van der Waals surface area contributed by atoms with Crippen molar-refractivity contribution in [1.82, 2.24) is 0 Å². The van der Waals surface area contributed by atoms with Crippen molar-refractivity contribution in [3.05, 3.63) is 12.5 Å². The predicted octanol–water partition coefficient (Wildman–Crippen LogP) is 0.763. The molecule has 0 aromatic carbocycles. The standard InChI is InChI=1S/C3H2FNO/c1-3(4)5-2-6/h1H2. The average Bonchev–Trinajstić information content (AvgIpc) is 1.35. The van der Waals surface area contributed by atoms with Crippen LogP contribution in [0.25, 0.3) is 0 Å². The molecule has 0 amide bonds. The first-order valence-corrected chi connectivity index (χ1v) is 1.19. The van der Waals surface area contributed by atoms with Crippen LogP contribution in [0.3, 0.4) is 0 Å². The lowest BCUT2D eigenvalue weighted by atomic mass is 11.0. The Hall–Kier alpha value is -0.950. The summed E-state index contributed by atoms with van der Waals surface area (Å²) in [4.78, 5) is 11.5. The molecule has 0 aromatic heterocycles. The van der Waals surface area contributed by atoms with E-state index in [0.29, 0.717) is 0 Å². The van der Waals surface area contributed by atoms with Crippen LogP contribution in [0.5, 0.6) is 0 Å². The molecular weight excluding hydrogens is 85.0 g/mol. The number of carbonyl (C=O) groups excluding carboxylic acids is 1. The van der Waals surface area contributed by atoms with Gasteiger partial charge in [0.15, 0.2) is 0 Å². The van der Waals surface area contributed by atoms with E-state index in [1.54, 1.807) is 0 Å². The number of nitrogens with zero attached hydrogens (tertiary/aromatic N) is 1. The molecule has 3 heteroatoms. The van der Waals surface area contributed by atoms with E-state index in [1.807, 2.05) is 0 Å². The Kier molecular flexibility index (Phi) is 1.93. The van der Waals surface area contributed by atoms with Crippen molar-refractivity contribution in [3.8, 4) is 0 Å². The van der Waals surface area contributed by atoms with Gasteiger partial charge in [-0.1, -0.05) is 0 Å². The molecule has 0 aliphatic rings. The molecule has 0 aliphatic carbocycles. The van der Waals surface area contributed by atoms with Crippen LogP contribution in [0, 0.1) is 0 Å². The molecule has 0 N–H and O–H groups in total. The lowest BCUT2D eigenvalue weighted by molar-refractivity contribution is 0.557. The first-order chi connectivity index (χ1) is 2.77. The van der Waals surface area contributed by atoms with Crippen LogP contribution in [0.2, 0.25) is 0 Å². The zero-order chi connectivity index (χ0) is 4.99. The molecule has 0 unspecified atom stereocenters. The maximum atomic E-state index is 11.1. The molecule has 0 aliphatic heterocycles. The third-order valence-corrected chi connectivity index (χ3v) is 0.167. The van der Waals surface area contributed by atoms with Gasteiger partial charge in [-0.2, -0.15) is 4.39 Å². The van der Waals surface area contributed by atoms with E-state index in [1.165, 1.54) is 0 Å². The largest absolute Gasteiger partial charge is 0.242 e. The lowest BCUT2D eigenvalue weighted by Gasteiger charge is -1.64. The first kappa shape index (κ1) is 5.05. The second-order valence-electron chi connectivity index (χ2n) is 0.579. The Morgan fingerprint density at radius 2 is 2.50 bits per heavy atom. The molecule has 0 atom stereocenters. The van der Waals surface area contributed by atoms with Gasteiger partial charge in [0.2, 0.25) is 12.0 Å². The minimum Gasteiger partial charge on any atom is -0.211 e. The van der Waals surface area contributed by atoms with E-state index in [2.05, 4.69) is 11.6 Å². The monoisotopic (exact) mass is 87.0 g/mol. The Balaban J connectivity index is 3.60. The second-order valence-corrected chi connectivity index (χ2v) is 0.579. The predicted molar refractivity (Wildman–Crippen MR) is 18.4 cm³/mol. The van der Waals surface area contributed by atoms with Crippen molar-refractivity contribution in [3.63, 3.8) is 0 Å². The van der Waals surface area contributed by atoms with Gasteiger partial charge in [0, 0.05) is 0 Å². The fourth-order valence-corrected chi connectivity index (χ4v) is 0.0495. The molecule has 0 radical (unpaired) electrons. The van der Waals surface area contributed by atoms with Gasteiger partial charge in [-0.05, 0) is 6.58 Å². The summed E-state index contributed by atoms with van der Waals surface area (Å²) >= 11 is 0. The molecule has 0 saturated heterocycles. The van der Waals surface area contributed by atoms with Crippen molar-refractivity contribution in [2.75, 3.05) is 0 Å². The highest BCUT2D eigenvalue weighted by Gasteiger charge is 1.72. The maximum Gasteiger partial charge on any atom is 0.242 e. The van der Waals surface area contributed by atoms with E-state index < -0.39 is 5.95 Å². The Morgan fingerprint density at radius 1 is 2.00 bits per heavy atom. The normalized spacial score (nSPS) is 6.17. The van der Waals surface area contributed by atoms with Crippen molar-refractivity contribution in [2.24, 2.45) is 4.99 Å². The molecule has 0 heterocycles. The highest BCUT2D eigenvalue weighted by atomic mass is 19.1. The van der Waals surface area contributed by atoms with Crippen molar-refractivity contribution < 1.29 is 9.18 Å². The van der Waals surface area contributed by atoms with E-state index in [4.69, 9.17) is 4.79 Å². The third kappa shape index (κ3) is 3.05. The molecule has 32 valence electrons. The van der Waals surface area contributed by atoms with Crippen LogP contribution in [-0.4, -0.2) is 6.08 Å². The average molecular weight is 87.1 g/mol. The van der Waals surface area contributed by atoms with E-state index in [9.17, 15) is 4.39 Å². The van der Waals surface area contributed by atoms with Crippen LogP contribution in [-0.2, 0) is 4.79 Å². The van der Waals surface area contributed by atoms with Gasteiger partial charge >= 0.3 is 0 Å². The van der Waals surface area contributed by atoms with E-state index in [0.717, 1.165) is 6.08 Å². The summed E-state index contributed by atoms with van der Waals surface area (Å²) in [6.07, 6.45) is 0.968. The van der Waals surface area contributed by atoms with Gasteiger partial charge in [-0.3, -0.25) is 0 Å². The van der Waals surface area contributed by atoms with Crippen LogP contribution in [0.1, 0.15) is 0 Å². The zero-order valence-electron chi connectivity index (χ0n) is 2.94. The van der Waals surface area contributed by atoms with Crippen molar-refractivity contribution in [2.45, 2.75) is 0 Å². The summed E-state index contributed by atoms with van der Waals surface area (Å²) in [6, 6.07) is 0. The number of halogens is 1. The summed E-state index contributed by atoms with van der Waals surface area (Å²) in [5.41, 5.74) is 0.